The van der Waals surface area contributed by atoms with Crippen LogP contribution in [-0.2, 0) is 19.1 Å². The summed E-state index contributed by atoms with van der Waals surface area (Å²) in [7, 11) is 1.57. The van der Waals surface area contributed by atoms with Crippen LogP contribution in [0.1, 0.15) is 19.8 Å². The van der Waals surface area contributed by atoms with Crippen LogP contribution in [-0.4, -0.2) is 37.4 Å². The van der Waals surface area contributed by atoms with Gasteiger partial charge in [0.1, 0.15) is 17.6 Å². The van der Waals surface area contributed by atoms with E-state index in [0.717, 1.165) is 12.8 Å². The molecule has 2 heterocycles. The van der Waals surface area contributed by atoms with Gasteiger partial charge in [-0.15, -0.1) is 0 Å². The molecular formula is C29H31N3O5. The minimum Gasteiger partial charge on any atom is -0.497 e. The lowest BCUT2D eigenvalue weighted by Crippen LogP contribution is -2.48. The number of methoxy groups -OCH3 is 1. The summed E-state index contributed by atoms with van der Waals surface area (Å²) < 4.78 is 11.0. The number of hydrogen-bond donors (Lipinski definition) is 2. The van der Waals surface area contributed by atoms with E-state index in [1.165, 1.54) is 0 Å². The van der Waals surface area contributed by atoms with Crippen molar-refractivity contribution in [3.05, 3.63) is 78.8 Å². The van der Waals surface area contributed by atoms with Crippen molar-refractivity contribution in [2.24, 2.45) is 23.7 Å². The summed E-state index contributed by atoms with van der Waals surface area (Å²) in [5.41, 5.74) is 1.23. The Bertz CT molecular complexity index is 1220. The average molecular weight is 502 g/mol. The first-order chi connectivity index (χ1) is 18.0. The van der Waals surface area contributed by atoms with Crippen molar-refractivity contribution in [1.82, 2.24) is 5.32 Å². The molecule has 192 valence electrons. The number of nitrogens with one attached hydrogen (secondary N) is 2. The molecule has 3 aliphatic rings. The quantitative estimate of drug-likeness (QED) is 0.536. The molecule has 2 aromatic carbocycles. The van der Waals surface area contributed by atoms with Crippen LogP contribution >= 0.6 is 0 Å². The zero-order valence-electron chi connectivity index (χ0n) is 20.9. The first-order valence-corrected chi connectivity index (χ1v) is 12.7. The molecule has 3 amide bonds. The standard InChI is InChI=1S/C29H31N3O5/c1-3-4-15-30-28(34)26-22-17-23-21(14-16-37-23)24(27(33)31-18-8-6-5-7-9-18)25(22)29(35)32(26)19-10-12-20(36-2)13-11-19/h5-14,16-17,21-22,24-26H,3-4,15H2,1-2H3,(H,30,34)(H,31,33)/t21-,22+,24+,25?,26-/m0/s1. The molecule has 8 nitrogen and oxygen atoms in total. The number of amides is 3. The summed E-state index contributed by atoms with van der Waals surface area (Å²) in [5, 5.41) is 5.97. The van der Waals surface area contributed by atoms with Gasteiger partial charge in [0.15, 0.2) is 0 Å². The van der Waals surface area contributed by atoms with Gasteiger partial charge in [-0.05, 0) is 55.0 Å². The molecule has 1 fully saturated rings. The molecule has 8 heteroatoms. The molecule has 0 spiro atoms. The van der Waals surface area contributed by atoms with Crippen LogP contribution in [0.25, 0.3) is 0 Å². The Morgan fingerprint density at radius 3 is 2.51 bits per heavy atom. The molecule has 1 unspecified atom stereocenters. The predicted octanol–water partition coefficient (Wildman–Crippen LogP) is 3.87. The van der Waals surface area contributed by atoms with Crippen LogP contribution in [0, 0.1) is 23.7 Å². The van der Waals surface area contributed by atoms with E-state index in [1.54, 1.807) is 54.7 Å². The maximum absolute atomic E-state index is 14.1. The Balaban J connectivity index is 1.54. The second kappa shape index (κ2) is 10.5. The molecule has 0 aromatic heterocycles. The highest BCUT2D eigenvalue weighted by molar-refractivity contribution is 6.09. The SMILES string of the molecule is CCCCNC(=O)[C@@H]1[C@@H]2C=C3OC=C[C@@H]3[C@@H](C(=O)Nc3ccccc3)C2C(=O)N1c1ccc(OC)cc1. The van der Waals surface area contributed by atoms with Crippen molar-refractivity contribution in [1.29, 1.82) is 0 Å². The molecule has 2 N–H and O–H groups in total. The Labute approximate surface area is 216 Å². The van der Waals surface area contributed by atoms with Crippen molar-refractivity contribution in [3.8, 4) is 5.75 Å². The van der Waals surface area contributed by atoms with Crippen molar-refractivity contribution in [3.63, 3.8) is 0 Å². The van der Waals surface area contributed by atoms with Crippen molar-refractivity contribution < 1.29 is 23.9 Å². The van der Waals surface area contributed by atoms with E-state index >= 15 is 0 Å². The summed E-state index contributed by atoms with van der Waals surface area (Å²) in [4.78, 5) is 42.9. The van der Waals surface area contributed by atoms with Crippen LogP contribution < -0.4 is 20.3 Å². The van der Waals surface area contributed by atoms with E-state index in [0.29, 0.717) is 29.4 Å². The number of ether oxygens (including phenoxy) is 2. The summed E-state index contributed by atoms with van der Waals surface area (Å²) >= 11 is 0. The normalized spacial score (nSPS) is 25.6. The van der Waals surface area contributed by atoms with Gasteiger partial charge in [-0.1, -0.05) is 31.5 Å². The number of rotatable bonds is 8. The smallest absolute Gasteiger partial charge is 0.243 e. The molecule has 2 aromatic rings. The van der Waals surface area contributed by atoms with E-state index in [4.69, 9.17) is 9.47 Å². The van der Waals surface area contributed by atoms with Gasteiger partial charge in [-0.3, -0.25) is 19.3 Å². The molecule has 0 saturated carbocycles. The topological polar surface area (TPSA) is 97.0 Å². The third-order valence-electron chi connectivity index (χ3n) is 7.32. The van der Waals surface area contributed by atoms with Crippen LogP contribution in [0.2, 0.25) is 0 Å². The number of carbonyl (C=O) groups is 3. The van der Waals surface area contributed by atoms with E-state index in [9.17, 15) is 14.4 Å². The number of nitrogens with zero attached hydrogens (tertiary/aromatic N) is 1. The van der Waals surface area contributed by atoms with E-state index in [-0.39, 0.29) is 23.6 Å². The Kier molecular flexibility index (Phi) is 6.99. The molecule has 2 aliphatic heterocycles. The predicted molar refractivity (Wildman–Crippen MR) is 140 cm³/mol. The first kappa shape index (κ1) is 24.6. The van der Waals surface area contributed by atoms with Crippen LogP contribution in [0.5, 0.6) is 5.75 Å². The number of fused-ring (bicyclic) bond motifs is 2. The number of allylic oxidation sites excluding steroid dienone is 1. The lowest BCUT2D eigenvalue weighted by atomic mass is 9.69. The molecule has 0 bridgehead atoms. The zero-order chi connectivity index (χ0) is 25.9. The summed E-state index contributed by atoms with van der Waals surface area (Å²) in [5.74, 6) is -1.90. The van der Waals surface area contributed by atoms with Crippen molar-refractivity contribution in [2.75, 3.05) is 23.9 Å². The molecule has 1 aliphatic carbocycles. The average Bonchev–Trinajstić information content (AvgIpc) is 3.50. The van der Waals surface area contributed by atoms with Gasteiger partial charge >= 0.3 is 0 Å². The molecule has 1 saturated heterocycles. The number of unbranched alkanes of at least 4 members (excludes halogenated alkanes) is 1. The number of anilines is 2. The lowest BCUT2D eigenvalue weighted by molar-refractivity contribution is -0.131. The molecule has 0 radical (unpaired) electrons. The number of para-hydroxylation sites is 1. The number of benzene rings is 2. The maximum atomic E-state index is 14.1. The Morgan fingerprint density at radius 2 is 1.81 bits per heavy atom. The highest BCUT2D eigenvalue weighted by Crippen LogP contribution is 2.50. The summed E-state index contributed by atoms with van der Waals surface area (Å²) in [6, 6.07) is 15.4. The monoisotopic (exact) mass is 501 g/mol. The molecule has 37 heavy (non-hydrogen) atoms. The summed E-state index contributed by atoms with van der Waals surface area (Å²) in [6.45, 7) is 2.57. The third kappa shape index (κ3) is 4.59. The summed E-state index contributed by atoms with van der Waals surface area (Å²) in [6.07, 6.45) is 7.01. The minimum atomic E-state index is -0.813. The van der Waals surface area contributed by atoms with Crippen molar-refractivity contribution >= 4 is 29.1 Å². The van der Waals surface area contributed by atoms with E-state index in [1.807, 2.05) is 30.4 Å². The Hall–Kier alpha value is -4.07. The van der Waals surface area contributed by atoms with Gasteiger partial charge in [-0.25, -0.2) is 0 Å². The van der Waals surface area contributed by atoms with Gasteiger partial charge < -0.3 is 20.1 Å². The van der Waals surface area contributed by atoms with E-state index < -0.39 is 23.8 Å². The van der Waals surface area contributed by atoms with Crippen LogP contribution in [0.3, 0.4) is 0 Å². The second-order valence-corrected chi connectivity index (χ2v) is 9.52. The lowest BCUT2D eigenvalue weighted by Gasteiger charge is -2.33. The fourth-order valence-electron chi connectivity index (χ4n) is 5.54. The van der Waals surface area contributed by atoms with E-state index in [2.05, 4.69) is 17.6 Å². The fraction of sp³-hybridized carbons (Fsp3) is 0.345. The van der Waals surface area contributed by atoms with Gasteiger partial charge in [-0.2, -0.15) is 0 Å². The van der Waals surface area contributed by atoms with Gasteiger partial charge in [0, 0.05) is 23.8 Å². The third-order valence-corrected chi connectivity index (χ3v) is 7.32. The fourth-order valence-corrected chi connectivity index (χ4v) is 5.54. The Morgan fingerprint density at radius 1 is 1.05 bits per heavy atom. The van der Waals surface area contributed by atoms with Crippen LogP contribution in [0.15, 0.2) is 78.8 Å². The minimum absolute atomic E-state index is 0.242. The molecular weight excluding hydrogens is 470 g/mol. The van der Waals surface area contributed by atoms with Crippen molar-refractivity contribution in [2.45, 2.75) is 25.8 Å². The highest BCUT2D eigenvalue weighted by Gasteiger charge is 2.59. The number of carbonyl (C=O) groups excluding carboxylic acids is 3. The number of hydrogen-bond acceptors (Lipinski definition) is 5. The van der Waals surface area contributed by atoms with Crippen LogP contribution in [0.4, 0.5) is 11.4 Å². The maximum Gasteiger partial charge on any atom is 0.243 e. The van der Waals surface area contributed by atoms with Gasteiger partial charge in [0.25, 0.3) is 0 Å². The molecule has 5 atom stereocenters. The zero-order valence-corrected chi connectivity index (χ0v) is 20.9. The second-order valence-electron chi connectivity index (χ2n) is 9.52. The van der Waals surface area contributed by atoms with Gasteiger partial charge in [0.05, 0.1) is 31.1 Å². The largest absolute Gasteiger partial charge is 0.497 e. The first-order valence-electron chi connectivity index (χ1n) is 12.7. The van der Waals surface area contributed by atoms with Gasteiger partial charge in [0.2, 0.25) is 17.7 Å². The molecule has 5 rings (SSSR count). The highest BCUT2D eigenvalue weighted by atomic mass is 16.5.